The minimum atomic E-state index is -0.496. The van der Waals surface area contributed by atoms with Gasteiger partial charge in [0, 0.05) is 17.7 Å². The van der Waals surface area contributed by atoms with Crippen molar-refractivity contribution in [3.05, 3.63) is 54.1 Å². The maximum Gasteiger partial charge on any atom is 0.248 e. The van der Waals surface area contributed by atoms with Crippen LogP contribution in [-0.4, -0.2) is 25.0 Å². The highest BCUT2D eigenvalue weighted by Crippen LogP contribution is 2.17. The van der Waals surface area contributed by atoms with Gasteiger partial charge in [-0.25, -0.2) is 0 Å². The number of rotatable bonds is 9. The zero-order chi connectivity index (χ0) is 18.1. The average molecular weight is 342 g/mol. The number of hydrogen-bond donors (Lipinski definition) is 2. The maximum absolute atomic E-state index is 11.9. The maximum atomic E-state index is 11.9. The Labute approximate surface area is 146 Å². The van der Waals surface area contributed by atoms with E-state index in [0.717, 1.165) is 11.5 Å². The molecule has 3 N–H and O–H groups in total. The van der Waals surface area contributed by atoms with E-state index in [4.69, 9.17) is 15.2 Å². The van der Waals surface area contributed by atoms with Crippen molar-refractivity contribution in [2.24, 2.45) is 5.73 Å². The van der Waals surface area contributed by atoms with Gasteiger partial charge in [0.05, 0.1) is 13.2 Å². The molecule has 0 unspecified atom stereocenters. The number of ether oxygens (including phenoxy) is 2. The van der Waals surface area contributed by atoms with E-state index in [2.05, 4.69) is 5.32 Å². The summed E-state index contributed by atoms with van der Waals surface area (Å²) < 4.78 is 11.0. The fraction of sp³-hybridized carbons (Fsp3) is 0.263. The molecule has 0 heterocycles. The molecular weight excluding hydrogens is 320 g/mol. The summed E-state index contributed by atoms with van der Waals surface area (Å²) in [4.78, 5) is 22.9. The summed E-state index contributed by atoms with van der Waals surface area (Å²) in [5.41, 5.74) is 6.20. The van der Waals surface area contributed by atoms with E-state index in [1.54, 1.807) is 24.3 Å². The predicted octanol–water partition coefficient (Wildman–Crippen LogP) is 2.98. The van der Waals surface area contributed by atoms with Crippen molar-refractivity contribution >= 4 is 17.5 Å². The van der Waals surface area contributed by atoms with Crippen LogP contribution in [0.1, 0.15) is 30.1 Å². The molecule has 0 saturated heterocycles. The summed E-state index contributed by atoms with van der Waals surface area (Å²) in [5.74, 6) is 0.939. The highest BCUT2D eigenvalue weighted by molar-refractivity contribution is 5.94. The Morgan fingerprint density at radius 3 is 2.12 bits per heavy atom. The molecule has 2 aromatic rings. The topological polar surface area (TPSA) is 90.7 Å². The highest BCUT2D eigenvalue weighted by atomic mass is 16.5. The minimum Gasteiger partial charge on any atom is -0.494 e. The molecule has 2 rings (SSSR count). The number of nitrogens with two attached hydrogens (primary N) is 1. The number of amides is 2. The number of carbonyl (C=O) groups is 2. The quantitative estimate of drug-likeness (QED) is 0.686. The third kappa shape index (κ3) is 6.18. The van der Waals surface area contributed by atoms with Gasteiger partial charge in [-0.1, -0.05) is 0 Å². The lowest BCUT2D eigenvalue weighted by atomic mass is 10.2. The molecule has 0 radical (unpaired) electrons. The van der Waals surface area contributed by atoms with E-state index in [1.165, 1.54) is 0 Å². The summed E-state index contributed by atoms with van der Waals surface area (Å²) in [7, 11) is 0. The van der Waals surface area contributed by atoms with Crippen LogP contribution in [0.25, 0.3) is 0 Å². The number of carbonyl (C=O) groups excluding carboxylic acids is 2. The molecule has 132 valence electrons. The molecule has 0 atom stereocenters. The summed E-state index contributed by atoms with van der Waals surface area (Å²) in [6.07, 6.45) is 0.938. The molecule has 0 aliphatic carbocycles. The van der Waals surface area contributed by atoms with Gasteiger partial charge in [-0.05, 0) is 61.9 Å². The fourth-order valence-electron chi connectivity index (χ4n) is 2.16. The first kappa shape index (κ1) is 18.3. The van der Waals surface area contributed by atoms with E-state index in [-0.39, 0.29) is 5.91 Å². The molecular formula is C19H22N2O4. The zero-order valence-electron chi connectivity index (χ0n) is 14.2. The van der Waals surface area contributed by atoms with Gasteiger partial charge in [0.2, 0.25) is 11.8 Å². The normalized spacial score (nSPS) is 10.1. The Morgan fingerprint density at radius 2 is 1.56 bits per heavy atom. The Hall–Kier alpha value is -3.02. The SMILES string of the molecule is CCOc1ccc(OCCCC(=O)Nc2ccc(C(N)=O)cc2)cc1. The van der Waals surface area contributed by atoms with Crippen LogP contribution < -0.4 is 20.5 Å². The Bertz CT molecular complexity index is 696. The minimum absolute atomic E-state index is 0.109. The molecule has 6 heteroatoms. The van der Waals surface area contributed by atoms with Crippen LogP contribution >= 0.6 is 0 Å². The fourth-order valence-corrected chi connectivity index (χ4v) is 2.16. The van der Waals surface area contributed by atoms with E-state index < -0.39 is 5.91 Å². The van der Waals surface area contributed by atoms with E-state index in [1.807, 2.05) is 31.2 Å². The Kier molecular flexibility index (Phi) is 6.83. The summed E-state index contributed by atoms with van der Waals surface area (Å²) in [6.45, 7) is 3.00. The Balaban J connectivity index is 1.68. The van der Waals surface area contributed by atoms with E-state index in [9.17, 15) is 9.59 Å². The molecule has 0 spiro atoms. The zero-order valence-corrected chi connectivity index (χ0v) is 14.2. The second kappa shape index (κ2) is 9.32. The van der Waals surface area contributed by atoms with Gasteiger partial charge in [-0.15, -0.1) is 0 Å². The Morgan fingerprint density at radius 1 is 0.960 bits per heavy atom. The van der Waals surface area contributed by atoms with Crippen molar-refractivity contribution in [1.29, 1.82) is 0 Å². The van der Waals surface area contributed by atoms with Crippen molar-refractivity contribution in [3.63, 3.8) is 0 Å². The number of hydrogen-bond acceptors (Lipinski definition) is 4. The van der Waals surface area contributed by atoms with Crippen LogP contribution in [0.4, 0.5) is 5.69 Å². The summed E-state index contributed by atoms with van der Waals surface area (Å²) in [6, 6.07) is 13.8. The molecule has 0 bridgehead atoms. The molecule has 0 aliphatic heterocycles. The van der Waals surface area contributed by atoms with Crippen molar-refractivity contribution in [2.45, 2.75) is 19.8 Å². The smallest absolute Gasteiger partial charge is 0.248 e. The number of nitrogens with one attached hydrogen (secondary N) is 1. The first-order chi connectivity index (χ1) is 12.1. The second-order valence-electron chi connectivity index (χ2n) is 5.35. The molecule has 0 saturated carbocycles. The molecule has 2 aromatic carbocycles. The molecule has 0 fully saturated rings. The third-order valence-corrected chi connectivity index (χ3v) is 3.40. The lowest BCUT2D eigenvalue weighted by molar-refractivity contribution is -0.116. The van der Waals surface area contributed by atoms with Gasteiger partial charge in [-0.2, -0.15) is 0 Å². The van der Waals surface area contributed by atoms with Gasteiger partial charge in [0.15, 0.2) is 0 Å². The second-order valence-corrected chi connectivity index (χ2v) is 5.35. The van der Waals surface area contributed by atoms with Crippen LogP contribution in [0.15, 0.2) is 48.5 Å². The monoisotopic (exact) mass is 342 g/mol. The lowest BCUT2D eigenvalue weighted by Crippen LogP contribution is -2.14. The van der Waals surface area contributed by atoms with E-state index in [0.29, 0.717) is 37.3 Å². The first-order valence-electron chi connectivity index (χ1n) is 8.14. The van der Waals surface area contributed by atoms with Gasteiger partial charge in [0.1, 0.15) is 11.5 Å². The van der Waals surface area contributed by atoms with Crippen LogP contribution in [0.5, 0.6) is 11.5 Å². The van der Waals surface area contributed by atoms with Crippen LogP contribution in [-0.2, 0) is 4.79 Å². The predicted molar refractivity (Wildman–Crippen MR) is 95.9 cm³/mol. The largest absolute Gasteiger partial charge is 0.494 e. The molecule has 0 aliphatic rings. The third-order valence-electron chi connectivity index (χ3n) is 3.40. The number of primary amides is 1. The van der Waals surface area contributed by atoms with Crippen molar-refractivity contribution < 1.29 is 19.1 Å². The lowest BCUT2D eigenvalue weighted by Gasteiger charge is -2.08. The van der Waals surface area contributed by atoms with Crippen molar-refractivity contribution in [3.8, 4) is 11.5 Å². The highest BCUT2D eigenvalue weighted by Gasteiger charge is 2.04. The summed E-state index contributed by atoms with van der Waals surface area (Å²) >= 11 is 0. The summed E-state index contributed by atoms with van der Waals surface area (Å²) in [5, 5.41) is 2.77. The van der Waals surface area contributed by atoms with Crippen molar-refractivity contribution in [1.82, 2.24) is 0 Å². The van der Waals surface area contributed by atoms with Crippen LogP contribution in [0.3, 0.4) is 0 Å². The van der Waals surface area contributed by atoms with Crippen LogP contribution in [0.2, 0.25) is 0 Å². The molecule has 2 amide bonds. The van der Waals surface area contributed by atoms with Gasteiger partial charge in [0.25, 0.3) is 0 Å². The van der Waals surface area contributed by atoms with Gasteiger partial charge in [-0.3, -0.25) is 9.59 Å². The van der Waals surface area contributed by atoms with Gasteiger partial charge < -0.3 is 20.5 Å². The van der Waals surface area contributed by atoms with E-state index >= 15 is 0 Å². The standard InChI is InChI=1S/C19H22N2O4/c1-2-24-16-9-11-17(12-10-16)25-13-3-4-18(22)21-15-7-5-14(6-8-15)19(20)23/h5-12H,2-4,13H2,1H3,(H2,20,23)(H,21,22). The van der Waals surface area contributed by atoms with Crippen molar-refractivity contribution in [2.75, 3.05) is 18.5 Å². The van der Waals surface area contributed by atoms with Crippen LogP contribution in [0, 0.1) is 0 Å². The average Bonchev–Trinajstić information content (AvgIpc) is 2.61. The van der Waals surface area contributed by atoms with Gasteiger partial charge >= 0.3 is 0 Å². The first-order valence-corrected chi connectivity index (χ1v) is 8.14. The molecule has 0 aromatic heterocycles. The number of anilines is 1. The molecule has 25 heavy (non-hydrogen) atoms. The molecule has 6 nitrogen and oxygen atoms in total. The number of benzene rings is 2.